The summed E-state index contributed by atoms with van der Waals surface area (Å²) in [5.41, 5.74) is 3.72. The summed E-state index contributed by atoms with van der Waals surface area (Å²) in [6, 6.07) is 5.88. The molecule has 0 spiro atoms. The van der Waals surface area contributed by atoms with Gasteiger partial charge in [0, 0.05) is 18.2 Å². The maximum atomic E-state index is 12.6. The topological polar surface area (TPSA) is 106 Å². The van der Waals surface area contributed by atoms with Gasteiger partial charge in [-0.3, -0.25) is 9.48 Å². The molecule has 0 saturated carbocycles. The number of benzene rings is 1. The third kappa shape index (κ3) is 3.43. The Morgan fingerprint density at radius 2 is 2.32 bits per heavy atom. The molecule has 1 unspecified atom stereocenters. The second kappa shape index (κ2) is 7.55. The maximum Gasteiger partial charge on any atom is 0.254 e. The highest BCUT2D eigenvalue weighted by atomic mass is 16.5. The van der Waals surface area contributed by atoms with E-state index in [1.54, 1.807) is 10.9 Å². The summed E-state index contributed by atoms with van der Waals surface area (Å²) in [6.45, 7) is 3.79. The Kier molecular flexibility index (Phi) is 4.95. The number of aryl methyl sites for hydroxylation is 2. The van der Waals surface area contributed by atoms with Crippen LogP contribution in [0.5, 0.6) is 0 Å². The maximum absolute atomic E-state index is 12.6. The van der Waals surface area contributed by atoms with Crippen LogP contribution < -0.4 is 5.32 Å². The molecule has 28 heavy (non-hydrogen) atoms. The summed E-state index contributed by atoms with van der Waals surface area (Å²) >= 11 is 0. The molecule has 2 N–H and O–H groups in total. The van der Waals surface area contributed by atoms with Crippen LogP contribution in [-0.2, 0) is 12.8 Å². The first-order valence-corrected chi connectivity index (χ1v) is 9.50. The summed E-state index contributed by atoms with van der Waals surface area (Å²) < 4.78 is 6.79. The number of nitrogens with zero attached hydrogens (tertiary/aromatic N) is 4. The minimum atomic E-state index is -0.163. The van der Waals surface area contributed by atoms with E-state index in [0.717, 1.165) is 24.0 Å². The Bertz CT molecular complexity index is 993. The van der Waals surface area contributed by atoms with Crippen molar-refractivity contribution in [3.8, 4) is 11.4 Å². The van der Waals surface area contributed by atoms with Crippen molar-refractivity contribution in [2.24, 2.45) is 0 Å². The molecule has 1 amide bonds. The normalized spacial score (nSPS) is 16.8. The lowest BCUT2D eigenvalue weighted by molar-refractivity contribution is 0.0936. The molecule has 4 rings (SSSR count). The second-order valence-electron chi connectivity index (χ2n) is 7.08. The van der Waals surface area contributed by atoms with E-state index in [1.165, 1.54) is 11.8 Å². The zero-order chi connectivity index (χ0) is 19.7. The number of carbonyl (C=O) groups excluding carboxylic acids is 1. The summed E-state index contributed by atoms with van der Waals surface area (Å²) in [5.74, 6) is 1.05. The number of rotatable bonds is 6. The molecule has 0 fully saturated rings. The largest absolute Gasteiger partial charge is 0.394 e. The van der Waals surface area contributed by atoms with Gasteiger partial charge in [0.1, 0.15) is 0 Å². The standard InChI is InChI=1S/C20H23N5O3/c1-3-18-23-19(24-28-18)14-4-6-16-13(8-14)5-7-17(16)22-20(27)15-9-21-25(10-15)12(2)11-26/h4,6,8-10,12,17,26H,3,5,7,11H2,1-2H3,(H,22,27)/t12?,17-/m1/s1. The van der Waals surface area contributed by atoms with E-state index >= 15 is 0 Å². The highest BCUT2D eigenvalue weighted by molar-refractivity contribution is 5.94. The van der Waals surface area contributed by atoms with Gasteiger partial charge in [0.2, 0.25) is 11.7 Å². The van der Waals surface area contributed by atoms with Crippen LogP contribution in [0.15, 0.2) is 35.1 Å². The molecule has 2 atom stereocenters. The number of fused-ring (bicyclic) bond motifs is 1. The van der Waals surface area contributed by atoms with Crippen LogP contribution in [0.1, 0.15) is 59.7 Å². The van der Waals surface area contributed by atoms with Gasteiger partial charge in [0.15, 0.2) is 0 Å². The minimum absolute atomic E-state index is 0.0266. The number of hydrogen-bond donors (Lipinski definition) is 2. The van der Waals surface area contributed by atoms with Gasteiger partial charge in [0.05, 0.1) is 30.5 Å². The van der Waals surface area contributed by atoms with E-state index in [4.69, 9.17) is 4.52 Å². The summed E-state index contributed by atoms with van der Waals surface area (Å²) in [6.07, 6.45) is 5.63. The van der Waals surface area contributed by atoms with Gasteiger partial charge in [-0.1, -0.05) is 24.2 Å². The fourth-order valence-corrected chi connectivity index (χ4v) is 3.44. The Balaban J connectivity index is 1.48. The minimum Gasteiger partial charge on any atom is -0.394 e. The van der Waals surface area contributed by atoms with Crippen LogP contribution in [0.4, 0.5) is 0 Å². The Hall–Kier alpha value is -3.00. The van der Waals surface area contributed by atoms with Gasteiger partial charge in [-0.15, -0.1) is 0 Å². The first-order valence-electron chi connectivity index (χ1n) is 9.50. The number of nitrogens with one attached hydrogen (secondary N) is 1. The third-order valence-electron chi connectivity index (χ3n) is 5.13. The van der Waals surface area contributed by atoms with Gasteiger partial charge in [-0.2, -0.15) is 10.1 Å². The molecular formula is C20H23N5O3. The molecule has 1 aliphatic carbocycles. The monoisotopic (exact) mass is 381 g/mol. The molecule has 0 aliphatic heterocycles. The molecule has 8 nitrogen and oxygen atoms in total. The smallest absolute Gasteiger partial charge is 0.254 e. The molecule has 2 heterocycles. The van der Waals surface area contributed by atoms with E-state index in [1.807, 2.05) is 26.0 Å². The lowest BCUT2D eigenvalue weighted by Crippen LogP contribution is -2.26. The molecule has 146 valence electrons. The Morgan fingerprint density at radius 1 is 1.46 bits per heavy atom. The van der Waals surface area contributed by atoms with Crippen molar-refractivity contribution in [3.05, 3.63) is 53.2 Å². The van der Waals surface area contributed by atoms with Crippen molar-refractivity contribution >= 4 is 5.91 Å². The zero-order valence-electron chi connectivity index (χ0n) is 15.9. The average molecular weight is 381 g/mol. The van der Waals surface area contributed by atoms with Gasteiger partial charge in [-0.25, -0.2) is 0 Å². The molecular weight excluding hydrogens is 358 g/mol. The van der Waals surface area contributed by atoms with Gasteiger partial charge in [0.25, 0.3) is 5.91 Å². The van der Waals surface area contributed by atoms with Crippen LogP contribution in [0.3, 0.4) is 0 Å². The van der Waals surface area contributed by atoms with Crippen LogP contribution in [-0.4, -0.2) is 37.5 Å². The zero-order valence-corrected chi connectivity index (χ0v) is 15.9. The van der Waals surface area contributed by atoms with Gasteiger partial charge in [-0.05, 0) is 37.0 Å². The van der Waals surface area contributed by atoms with E-state index in [0.29, 0.717) is 23.7 Å². The number of amides is 1. The van der Waals surface area contributed by atoms with Crippen molar-refractivity contribution in [1.29, 1.82) is 0 Å². The third-order valence-corrected chi connectivity index (χ3v) is 5.13. The Labute approximate surface area is 162 Å². The molecule has 2 aromatic heterocycles. The van der Waals surface area contributed by atoms with Crippen LogP contribution in [0.2, 0.25) is 0 Å². The second-order valence-corrected chi connectivity index (χ2v) is 7.08. The molecule has 8 heteroatoms. The lowest BCUT2D eigenvalue weighted by Gasteiger charge is -2.14. The summed E-state index contributed by atoms with van der Waals surface area (Å²) in [7, 11) is 0. The van der Waals surface area contributed by atoms with E-state index in [2.05, 4.69) is 26.6 Å². The van der Waals surface area contributed by atoms with Crippen LogP contribution in [0.25, 0.3) is 11.4 Å². The summed E-state index contributed by atoms with van der Waals surface area (Å²) in [4.78, 5) is 17.0. The molecule has 3 aromatic rings. The van der Waals surface area contributed by atoms with E-state index in [-0.39, 0.29) is 24.6 Å². The highest BCUT2D eigenvalue weighted by Gasteiger charge is 2.26. The number of aliphatic hydroxyl groups is 1. The first-order chi connectivity index (χ1) is 13.6. The fraction of sp³-hybridized carbons (Fsp3) is 0.400. The van der Waals surface area contributed by atoms with Crippen molar-refractivity contribution < 1.29 is 14.4 Å². The number of aromatic nitrogens is 4. The van der Waals surface area contributed by atoms with E-state index in [9.17, 15) is 9.90 Å². The lowest BCUT2D eigenvalue weighted by atomic mass is 10.0. The molecule has 0 radical (unpaired) electrons. The summed E-state index contributed by atoms with van der Waals surface area (Å²) in [5, 5.41) is 20.5. The van der Waals surface area contributed by atoms with E-state index < -0.39 is 0 Å². The Morgan fingerprint density at radius 3 is 3.07 bits per heavy atom. The van der Waals surface area contributed by atoms with Crippen molar-refractivity contribution in [2.45, 2.75) is 45.2 Å². The molecule has 1 aromatic carbocycles. The predicted molar refractivity (Wildman–Crippen MR) is 102 cm³/mol. The first kappa shape index (κ1) is 18.4. The number of aliphatic hydroxyl groups excluding tert-OH is 1. The van der Waals surface area contributed by atoms with Crippen molar-refractivity contribution in [1.82, 2.24) is 25.2 Å². The molecule has 0 saturated heterocycles. The van der Waals surface area contributed by atoms with Crippen LogP contribution in [0, 0.1) is 0 Å². The van der Waals surface area contributed by atoms with Crippen molar-refractivity contribution in [2.75, 3.05) is 6.61 Å². The number of hydrogen-bond acceptors (Lipinski definition) is 6. The van der Waals surface area contributed by atoms with Crippen molar-refractivity contribution in [3.63, 3.8) is 0 Å². The quantitative estimate of drug-likeness (QED) is 0.679. The van der Waals surface area contributed by atoms with Gasteiger partial charge >= 0.3 is 0 Å². The van der Waals surface area contributed by atoms with Crippen LogP contribution >= 0.6 is 0 Å². The fourth-order valence-electron chi connectivity index (χ4n) is 3.44. The van der Waals surface area contributed by atoms with Gasteiger partial charge < -0.3 is 14.9 Å². The highest BCUT2D eigenvalue weighted by Crippen LogP contribution is 2.34. The molecule has 0 bridgehead atoms. The molecule has 1 aliphatic rings. The predicted octanol–water partition coefficient (Wildman–Crippen LogP) is 2.47. The SMILES string of the molecule is CCc1nc(-c2ccc3c(c2)CC[C@H]3NC(=O)c2cnn(C(C)CO)c2)no1. The average Bonchev–Trinajstić information content (AvgIpc) is 3.46. The number of carbonyl (C=O) groups is 1.